The SMILES string of the molecule is Fc1ccccc1-n1cnn(CN2CCC[C@H]2c2ccccc2)c1=S. The number of nitrogens with zero attached hydrogens (tertiary/aromatic N) is 4. The van der Waals surface area contributed by atoms with Crippen molar-refractivity contribution in [3.8, 4) is 5.69 Å². The van der Waals surface area contributed by atoms with Gasteiger partial charge in [-0.1, -0.05) is 42.5 Å². The summed E-state index contributed by atoms with van der Waals surface area (Å²) < 4.78 is 17.9. The van der Waals surface area contributed by atoms with Crippen molar-refractivity contribution in [3.05, 3.63) is 77.1 Å². The van der Waals surface area contributed by atoms with Gasteiger partial charge < -0.3 is 0 Å². The molecule has 1 aliphatic rings. The summed E-state index contributed by atoms with van der Waals surface area (Å²) in [6, 6.07) is 17.5. The molecule has 4 nitrogen and oxygen atoms in total. The lowest BCUT2D eigenvalue weighted by atomic mass is 10.1. The number of halogens is 1. The van der Waals surface area contributed by atoms with Crippen LogP contribution in [0.4, 0.5) is 4.39 Å². The van der Waals surface area contributed by atoms with E-state index >= 15 is 0 Å². The molecule has 1 saturated heterocycles. The van der Waals surface area contributed by atoms with Gasteiger partial charge in [0, 0.05) is 12.6 Å². The Balaban J connectivity index is 1.60. The van der Waals surface area contributed by atoms with Crippen LogP contribution in [0, 0.1) is 10.6 Å². The van der Waals surface area contributed by atoms with Gasteiger partial charge >= 0.3 is 0 Å². The summed E-state index contributed by atoms with van der Waals surface area (Å²) >= 11 is 5.53. The number of benzene rings is 2. The Hall–Kier alpha value is -2.31. The molecule has 2 heterocycles. The highest BCUT2D eigenvalue weighted by molar-refractivity contribution is 7.71. The maximum atomic E-state index is 14.0. The van der Waals surface area contributed by atoms with Crippen molar-refractivity contribution in [2.45, 2.75) is 25.6 Å². The van der Waals surface area contributed by atoms with Crippen LogP contribution in [0.2, 0.25) is 0 Å². The normalized spacial score (nSPS) is 17.9. The molecule has 3 aromatic rings. The fraction of sp³-hybridized carbons (Fsp3) is 0.263. The van der Waals surface area contributed by atoms with Crippen molar-refractivity contribution in [3.63, 3.8) is 0 Å². The second-order valence-electron chi connectivity index (χ2n) is 6.26. The Morgan fingerprint density at radius 1 is 1.08 bits per heavy atom. The summed E-state index contributed by atoms with van der Waals surface area (Å²) in [6.45, 7) is 1.62. The molecular weight excluding hydrogens is 335 g/mol. The van der Waals surface area contributed by atoms with E-state index in [1.54, 1.807) is 33.8 Å². The van der Waals surface area contributed by atoms with Gasteiger partial charge in [-0.25, -0.2) is 9.07 Å². The first-order chi connectivity index (χ1) is 12.2. The molecule has 0 N–H and O–H groups in total. The van der Waals surface area contributed by atoms with E-state index in [0.29, 0.717) is 23.2 Å². The zero-order valence-corrected chi connectivity index (χ0v) is 14.6. The zero-order valence-electron chi connectivity index (χ0n) is 13.8. The number of para-hydroxylation sites is 1. The highest BCUT2D eigenvalue weighted by Crippen LogP contribution is 2.32. The van der Waals surface area contributed by atoms with Gasteiger partial charge in [-0.15, -0.1) is 0 Å². The first kappa shape index (κ1) is 16.2. The molecule has 0 aliphatic carbocycles. The molecule has 4 rings (SSSR count). The first-order valence-corrected chi connectivity index (χ1v) is 8.83. The zero-order chi connectivity index (χ0) is 17.2. The van der Waals surface area contributed by atoms with Crippen LogP contribution in [-0.2, 0) is 6.67 Å². The van der Waals surface area contributed by atoms with Crippen molar-refractivity contribution in [1.29, 1.82) is 0 Å². The van der Waals surface area contributed by atoms with E-state index in [4.69, 9.17) is 12.2 Å². The minimum absolute atomic E-state index is 0.304. The molecule has 1 atom stereocenters. The molecule has 0 amide bonds. The van der Waals surface area contributed by atoms with Crippen molar-refractivity contribution in [2.75, 3.05) is 6.54 Å². The van der Waals surface area contributed by atoms with E-state index in [0.717, 1.165) is 19.4 Å². The van der Waals surface area contributed by atoms with Crippen LogP contribution in [0.1, 0.15) is 24.4 Å². The average Bonchev–Trinajstić information content (AvgIpc) is 3.24. The van der Waals surface area contributed by atoms with Crippen LogP contribution in [0.5, 0.6) is 0 Å². The molecule has 6 heteroatoms. The lowest BCUT2D eigenvalue weighted by molar-refractivity contribution is 0.190. The third-order valence-corrected chi connectivity index (χ3v) is 5.12. The van der Waals surface area contributed by atoms with E-state index in [2.05, 4.69) is 34.3 Å². The topological polar surface area (TPSA) is 26.0 Å². The lowest BCUT2D eigenvalue weighted by Crippen LogP contribution is -2.27. The van der Waals surface area contributed by atoms with Crippen LogP contribution in [0.25, 0.3) is 5.69 Å². The van der Waals surface area contributed by atoms with Crippen LogP contribution >= 0.6 is 12.2 Å². The van der Waals surface area contributed by atoms with Crippen LogP contribution in [-0.4, -0.2) is 25.8 Å². The molecule has 0 bridgehead atoms. The Bertz CT molecular complexity index is 918. The summed E-state index contributed by atoms with van der Waals surface area (Å²) in [7, 11) is 0. The molecular formula is C19H19FN4S. The van der Waals surface area contributed by atoms with Gasteiger partial charge in [0.05, 0.1) is 12.4 Å². The number of aromatic nitrogens is 3. The van der Waals surface area contributed by atoms with Crippen molar-refractivity contribution < 1.29 is 4.39 Å². The third kappa shape index (κ3) is 3.15. The number of likely N-dealkylation sites (tertiary alicyclic amines) is 1. The Morgan fingerprint density at radius 2 is 1.84 bits per heavy atom. The lowest BCUT2D eigenvalue weighted by Gasteiger charge is -2.24. The molecule has 0 unspecified atom stereocenters. The Morgan fingerprint density at radius 3 is 2.64 bits per heavy atom. The fourth-order valence-corrected chi connectivity index (χ4v) is 3.72. The molecule has 0 radical (unpaired) electrons. The molecule has 128 valence electrons. The van der Waals surface area contributed by atoms with E-state index in [9.17, 15) is 4.39 Å². The highest BCUT2D eigenvalue weighted by Gasteiger charge is 2.26. The van der Waals surface area contributed by atoms with Gasteiger partial charge in [0.1, 0.15) is 12.1 Å². The van der Waals surface area contributed by atoms with Crippen molar-refractivity contribution in [2.24, 2.45) is 0 Å². The van der Waals surface area contributed by atoms with Gasteiger partial charge in [0.2, 0.25) is 4.77 Å². The minimum atomic E-state index is -0.304. The summed E-state index contributed by atoms with van der Waals surface area (Å²) in [5, 5.41) is 4.39. The number of rotatable bonds is 4. The van der Waals surface area contributed by atoms with Gasteiger partial charge in [-0.3, -0.25) is 9.47 Å². The second-order valence-corrected chi connectivity index (χ2v) is 6.62. The Kier molecular flexibility index (Phi) is 4.46. The molecule has 1 aliphatic heterocycles. The Labute approximate surface area is 151 Å². The summed E-state index contributed by atoms with van der Waals surface area (Å²) in [5.74, 6) is -0.304. The quantitative estimate of drug-likeness (QED) is 0.652. The van der Waals surface area contributed by atoms with E-state index in [1.807, 2.05) is 6.07 Å². The fourth-order valence-electron chi connectivity index (χ4n) is 3.47. The van der Waals surface area contributed by atoms with E-state index < -0.39 is 0 Å². The summed E-state index contributed by atoms with van der Waals surface area (Å²) in [6.07, 6.45) is 3.88. The summed E-state index contributed by atoms with van der Waals surface area (Å²) in [4.78, 5) is 2.38. The van der Waals surface area contributed by atoms with Gasteiger partial charge in [-0.05, 0) is 42.8 Å². The largest absolute Gasteiger partial charge is 0.277 e. The smallest absolute Gasteiger partial charge is 0.203 e. The molecule has 1 aromatic heterocycles. The molecule has 25 heavy (non-hydrogen) atoms. The molecule has 2 aromatic carbocycles. The third-order valence-electron chi connectivity index (χ3n) is 4.71. The second kappa shape index (κ2) is 6.90. The van der Waals surface area contributed by atoms with Crippen molar-refractivity contribution >= 4 is 12.2 Å². The van der Waals surface area contributed by atoms with E-state index in [-0.39, 0.29) is 5.82 Å². The van der Waals surface area contributed by atoms with Crippen LogP contribution in [0.3, 0.4) is 0 Å². The van der Waals surface area contributed by atoms with Crippen LogP contribution < -0.4 is 0 Å². The predicted molar refractivity (Wildman–Crippen MR) is 97.5 cm³/mol. The number of hydrogen-bond donors (Lipinski definition) is 0. The first-order valence-electron chi connectivity index (χ1n) is 8.42. The molecule has 0 saturated carbocycles. The molecule has 0 spiro atoms. The monoisotopic (exact) mass is 354 g/mol. The highest BCUT2D eigenvalue weighted by atomic mass is 32.1. The number of hydrogen-bond acceptors (Lipinski definition) is 3. The molecule has 1 fully saturated rings. The van der Waals surface area contributed by atoms with Crippen molar-refractivity contribution in [1.82, 2.24) is 19.2 Å². The predicted octanol–water partition coefficient (Wildman–Crippen LogP) is 4.34. The van der Waals surface area contributed by atoms with Gasteiger partial charge in [0.25, 0.3) is 0 Å². The average molecular weight is 354 g/mol. The standard InChI is InChI=1S/C19H19FN4S/c20-16-9-4-5-10-18(16)23-13-21-24(19(23)25)14-22-12-6-11-17(22)15-7-2-1-3-8-15/h1-5,7-10,13,17H,6,11-12,14H2/t17-/m0/s1. The van der Waals surface area contributed by atoms with Gasteiger partial charge in [0.15, 0.2) is 0 Å². The maximum Gasteiger partial charge on any atom is 0.203 e. The van der Waals surface area contributed by atoms with Crippen LogP contribution in [0.15, 0.2) is 60.9 Å². The maximum absolute atomic E-state index is 14.0. The van der Waals surface area contributed by atoms with Gasteiger partial charge in [-0.2, -0.15) is 5.10 Å². The van der Waals surface area contributed by atoms with E-state index in [1.165, 1.54) is 11.6 Å². The summed E-state index contributed by atoms with van der Waals surface area (Å²) in [5.41, 5.74) is 1.75. The minimum Gasteiger partial charge on any atom is -0.277 e.